The number of aromatic nitrogens is 3. The number of methoxy groups -OCH3 is 1. The number of ether oxygens (including phenoxy) is 2. The second kappa shape index (κ2) is 7.35. The van der Waals surface area contributed by atoms with Crippen LogP contribution in [0.3, 0.4) is 0 Å². The molecule has 2 aromatic carbocycles. The molecule has 0 saturated carbocycles. The van der Waals surface area contributed by atoms with Gasteiger partial charge in [0.15, 0.2) is 6.23 Å². The fourth-order valence-electron chi connectivity index (χ4n) is 3.06. The van der Waals surface area contributed by atoms with E-state index in [9.17, 15) is 0 Å². The number of rotatable bonds is 5. The fraction of sp³-hybridized carbons (Fsp3) is 0.263. The van der Waals surface area contributed by atoms with E-state index in [1.165, 1.54) is 0 Å². The summed E-state index contributed by atoms with van der Waals surface area (Å²) in [6.45, 7) is 2.02. The lowest BCUT2D eigenvalue weighted by Gasteiger charge is -2.23. The molecule has 1 aliphatic heterocycles. The van der Waals surface area contributed by atoms with Gasteiger partial charge in [-0.1, -0.05) is 35.0 Å². The van der Waals surface area contributed by atoms with Gasteiger partial charge in [-0.2, -0.15) is 0 Å². The molecule has 0 amide bonds. The summed E-state index contributed by atoms with van der Waals surface area (Å²) in [6, 6.07) is 15.7. The number of hydrogen-bond donors (Lipinski definition) is 0. The lowest BCUT2D eigenvalue weighted by molar-refractivity contribution is 0.110. The highest BCUT2D eigenvalue weighted by molar-refractivity contribution is 6.31. The minimum atomic E-state index is -0.247. The Morgan fingerprint density at radius 3 is 2.77 bits per heavy atom. The van der Waals surface area contributed by atoms with E-state index in [1.807, 2.05) is 54.7 Å². The van der Waals surface area contributed by atoms with Crippen molar-refractivity contribution < 1.29 is 9.47 Å². The van der Waals surface area contributed by atoms with E-state index in [4.69, 9.17) is 21.1 Å². The van der Waals surface area contributed by atoms with E-state index < -0.39 is 0 Å². The van der Waals surface area contributed by atoms with Gasteiger partial charge in [0, 0.05) is 17.3 Å². The standard InChI is InChI=1S/C19H19ClN4O2/c1-25-16-8-6-15(7-9-16)24-10-11-26-19(24)18-13-23(22-21-18)12-14-4-2-3-5-17(14)20/h2-9,13,19H,10-12H2,1H3. The minimum absolute atomic E-state index is 0.247. The summed E-state index contributed by atoms with van der Waals surface area (Å²) in [5, 5.41) is 9.27. The number of nitrogens with zero attached hydrogens (tertiary/aromatic N) is 4. The molecule has 4 rings (SSSR count). The Morgan fingerprint density at radius 1 is 1.19 bits per heavy atom. The average Bonchev–Trinajstić information content (AvgIpc) is 3.33. The first-order chi connectivity index (χ1) is 12.7. The summed E-state index contributed by atoms with van der Waals surface area (Å²) < 4.78 is 12.9. The largest absolute Gasteiger partial charge is 0.497 e. The first-order valence-corrected chi connectivity index (χ1v) is 8.78. The Balaban J connectivity index is 1.53. The fourth-order valence-corrected chi connectivity index (χ4v) is 3.25. The summed E-state index contributed by atoms with van der Waals surface area (Å²) in [5.41, 5.74) is 2.85. The molecule has 7 heteroatoms. The van der Waals surface area contributed by atoms with E-state index in [1.54, 1.807) is 11.8 Å². The van der Waals surface area contributed by atoms with Crippen molar-refractivity contribution in [2.45, 2.75) is 12.8 Å². The Hall–Kier alpha value is -2.57. The van der Waals surface area contributed by atoms with Crippen LogP contribution in [0.5, 0.6) is 5.75 Å². The second-order valence-electron chi connectivity index (χ2n) is 6.05. The van der Waals surface area contributed by atoms with Gasteiger partial charge < -0.3 is 14.4 Å². The molecule has 134 valence electrons. The summed E-state index contributed by atoms with van der Waals surface area (Å²) >= 11 is 6.23. The van der Waals surface area contributed by atoms with Crippen molar-refractivity contribution in [1.82, 2.24) is 15.0 Å². The Morgan fingerprint density at radius 2 is 2.00 bits per heavy atom. The van der Waals surface area contributed by atoms with Gasteiger partial charge in [-0.15, -0.1) is 5.10 Å². The molecule has 1 unspecified atom stereocenters. The number of anilines is 1. The van der Waals surface area contributed by atoms with Crippen molar-refractivity contribution in [3.63, 3.8) is 0 Å². The maximum Gasteiger partial charge on any atom is 0.177 e. The van der Waals surface area contributed by atoms with Crippen molar-refractivity contribution in [3.05, 3.63) is 71.0 Å². The topological polar surface area (TPSA) is 52.4 Å². The Labute approximate surface area is 156 Å². The van der Waals surface area contributed by atoms with Crippen molar-refractivity contribution >= 4 is 17.3 Å². The molecule has 0 aliphatic carbocycles. The first-order valence-electron chi connectivity index (χ1n) is 8.40. The molecule has 2 heterocycles. The van der Waals surface area contributed by atoms with E-state index in [2.05, 4.69) is 15.2 Å². The lowest BCUT2D eigenvalue weighted by Crippen LogP contribution is -2.23. The smallest absolute Gasteiger partial charge is 0.177 e. The van der Waals surface area contributed by atoms with Gasteiger partial charge in [0.05, 0.1) is 26.5 Å². The van der Waals surface area contributed by atoms with E-state index >= 15 is 0 Å². The average molecular weight is 371 g/mol. The van der Waals surface area contributed by atoms with E-state index in [0.717, 1.165) is 34.3 Å². The van der Waals surface area contributed by atoms with Crippen LogP contribution in [0.4, 0.5) is 5.69 Å². The van der Waals surface area contributed by atoms with Crippen LogP contribution in [0.25, 0.3) is 0 Å². The molecule has 6 nitrogen and oxygen atoms in total. The van der Waals surface area contributed by atoms with Crippen LogP contribution in [-0.4, -0.2) is 35.3 Å². The third-order valence-electron chi connectivity index (χ3n) is 4.39. The molecule has 1 saturated heterocycles. The van der Waals surface area contributed by atoms with Gasteiger partial charge in [-0.25, -0.2) is 4.68 Å². The molecular weight excluding hydrogens is 352 g/mol. The predicted octanol–water partition coefficient (Wildman–Crippen LogP) is 3.52. The van der Waals surface area contributed by atoms with Crippen LogP contribution in [-0.2, 0) is 11.3 Å². The highest BCUT2D eigenvalue weighted by Gasteiger charge is 2.29. The van der Waals surface area contributed by atoms with Gasteiger partial charge in [-0.3, -0.25) is 0 Å². The molecule has 0 bridgehead atoms. The zero-order valence-electron chi connectivity index (χ0n) is 14.4. The number of hydrogen-bond acceptors (Lipinski definition) is 5. The second-order valence-corrected chi connectivity index (χ2v) is 6.45. The van der Waals surface area contributed by atoms with Crippen LogP contribution in [0.15, 0.2) is 54.7 Å². The molecule has 3 aromatic rings. The number of halogens is 1. The Kier molecular flexibility index (Phi) is 4.77. The van der Waals surface area contributed by atoms with Crippen LogP contribution in [0.1, 0.15) is 17.5 Å². The first kappa shape index (κ1) is 16.9. The predicted molar refractivity (Wildman–Crippen MR) is 99.6 cm³/mol. The molecule has 26 heavy (non-hydrogen) atoms. The molecule has 1 aliphatic rings. The van der Waals surface area contributed by atoms with Crippen LogP contribution >= 0.6 is 11.6 Å². The monoisotopic (exact) mass is 370 g/mol. The van der Waals surface area contributed by atoms with Gasteiger partial charge >= 0.3 is 0 Å². The number of benzene rings is 2. The van der Waals surface area contributed by atoms with Crippen molar-refractivity contribution in [2.75, 3.05) is 25.2 Å². The zero-order valence-corrected chi connectivity index (χ0v) is 15.1. The lowest BCUT2D eigenvalue weighted by atomic mass is 10.2. The molecule has 1 fully saturated rings. The van der Waals surface area contributed by atoms with Crippen LogP contribution in [0, 0.1) is 0 Å². The van der Waals surface area contributed by atoms with Crippen molar-refractivity contribution in [1.29, 1.82) is 0 Å². The van der Waals surface area contributed by atoms with Crippen molar-refractivity contribution in [3.8, 4) is 5.75 Å². The molecule has 0 spiro atoms. The third kappa shape index (κ3) is 3.38. The molecule has 1 aromatic heterocycles. The summed E-state index contributed by atoms with van der Waals surface area (Å²) in [6.07, 6.45) is 1.67. The summed E-state index contributed by atoms with van der Waals surface area (Å²) in [5.74, 6) is 0.830. The maximum atomic E-state index is 6.23. The highest BCUT2D eigenvalue weighted by Crippen LogP contribution is 2.32. The summed E-state index contributed by atoms with van der Waals surface area (Å²) in [7, 11) is 1.66. The van der Waals surface area contributed by atoms with Gasteiger partial charge in [0.25, 0.3) is 0 Å². The van der Waals surface area contributed by atoms with Gasteiger partial charge in [0.2, 0.25) is 0 Å². The summed E-state index contributed by atoms with van der Waals surface area (Å²) in [4.78, 5) is 2.17. The highest BCUT2D eigenvalue weighted by atomic mass is 35.5. The Bertz CT molecular complexity index is 881. The molecule has 0 radical (unpaired) electrons. The van der Waals surface area contributed by atoms with Gasteiger partial charge in [0.1, 0.15) is 11.4 Å². The minimum Gasteiger partial charge on any atom is -0.497 e. The maximum absolute atomic E-state index is 6.23. The quantitative estimate of drug-likeness (QED) is 0.687. The van der Waals surface area contributed by atoms with E-state index in [-0.39, 0.29) is 6.23 Å². The zero-order chi connectivity index (χ0) is 17.9. The van der Waals surface area contributed by atoms with Crippen LogP contribution < -0.4 is 9.64 Å². The molecule has 1 atom stereocenters. The molecule has 0 N–H and O–H groups in total. The normalized spacial score (nSPS) is 16.8. The third-order valence-corrected chi connectivity index (χ3v) is 4.76. The van der Waals surface area contributed by atoms with Crippen LogP contribution in [0.2, 0.25) is 5.02 Å². The van der Waals surface area contributed by atoms with Gasteiger partial charge in [-0.05, 0) is 35.9 Å². The molecular formula is C19H19ClN4O2. The van der Waals surface area contributed by atoms with Crippen molar-refractivity contribution in [2.24, 2.45) is 0 Å². The van der Waals surface area contributed by atoms with E-state index in [0.29, 0.717) is 13.2 Å². The SMILES string of the molecule is COc1ccc(N2CCOC2c2cn(Cc3ccccc3Cl)nn2)cc1.